The second kappa shape index (κ2) is 4.51. The third-order valence-electron chi connectivity index (χ3n) is 4.92. The highest BCUT2D eigenvalue weighted by Crippen LogP contribution is 2.43. The number of carbonyl (C=O) groups is 2. The van der Waals surface area contributed by atoms with Gasteiger partial charge in [-0.25, -0.2) is 9.97 Å². The van der Waals surface area contributed by atoms with Crippen LogP contribution in [0.4, 0.5) is 0 Å². The fourth-order valence-electron chi connectivity index (χ4n) is 3.73. The largest absolute Gasteiger partial charge is 0.481 e. The van der Waals surface area contributed by atoms with Gasteiger partial charge in [-0.2, -0.15) is 0 Å². The fourth-order valence-corrected chi connectivity index (χ4v) is 3.73. The number of carboxylic acids is 1. The number of fused-ring (bicyclic) bond motifs is 2. The van der Waals surface area contributed by atoms with Crippen LogP contribution < -0.4 is 0 Å². The maximum absolute atomic E-state index is 12.7. The summed E-state index contributed by atoms with van der Waals surface area (Å²) < 4.78 is 0. The van der Waals surface area contributed by atoms with Crippen molar-refractivity contribution in [1.29, 1.82) is 0 Å². The van der Waals surface area contributed by atoms with Gasteiger partial charge in [0.2, 0.25) is 0 Å². The molecule has 0 spiro atoms. The molecule has 1 N–H and O–H groups in total. The van der Waals surface area contributed by atoms with Crippen LogP contribution in [0.1, 0.15) is 54.3 Å². The number of carboxylic acid groups (broad SMARTS) is 1. The van der Waals surface area contributed by atoms with Crippen molar-refractivity contribution < 1.29 is 14.7 Å². The van der Waals surface area contributed by atoms with Crippen LogP contribution in [0, 0.1) is 5.92 Å². The average Bonchev–Trinajstić information content (AvgIpc) is 3.19. The van der Waals surface area contributed by atoms with E-state index in [4.69, 9.17) is 0 Å². The maximum atomic E-state index is 12.7. The number of amides is 1. The zero-order valence-corrected chi connectivity index (χ0v) is 11.6. The quantitative estimate of drug-likeness (QED) is 0.909. The van der Waals surface area contributed by atoms with Gasteiger partial charge in [-0.1, -0.05) is 0 Å². The van der Waals surface area contributed by atoms with Gasteiger partial charge in [-0.15, -0.1) is 0 Å². The minimum Gasteiger partial charge on any atom is -0.481 e. The first-order chi connectivity index (χ1) is 10.1. The molecule has 0 unspecified atom stereocenters. The molecule has 3 aliphatic rings. The fraction of sp³-hybridized carbons (Fsp3) is 0.600. The van der Waals surface area contributed by atoms with Crippen molar-refractivity contribution in [3.63, 3.8) is 0 Å². The van der Waals surface area contributed by atoms with E-state index in [1.807, 2.05) is 0 Å². The molecule has 2 bridgehead atoms. The smallest absolute Gasteiger partial charge is 0.308 e. The molecule has 1 amide bonds. The molecule has 0 radical (unpaired) electrons. The molecule has 3 fully saturated rings. The van der Waals surface area contributed by atoms with Crippen molar-refractivity contribution in [3.8, 4) is 0 Å². The molecule has 2 saturated heterocycles. The Morgan fingerprint density at radius 2 is 2.05 bits per heavy atom. The monoisotopic (exact) mass is 287 g/mol. The molecule has 6 heteroatoms. The molecule has 3 heterocycles. The lowest BCUT2D eigenvalue weighted by atomic mass is 9.89. The zero-order valence-electron chi connectivity index (χ0n) is 11.6. The summed E-state index contributed by atoms with van der Waals surface area (Å²) in [5.41, 5.74) is 0.412. The van der Waals surface area contributed by atoms with E-state index in [2.05, 4.69) is 9.97 Å². The van der Waals surface area contributed by atoms with Crippen LogP contribution >= 0.6 is 0 Å². The number of rotatable bonds is 3. The van der Waals surface area contributed by atoms with Crippen LogP contribution in [0.2, 0.25) is 0 Å². The van der Waals surface area contributed by atoms with Gasteiger partial charge < -0.3 is 10.0 Å². The predicted octanol–water partition coefficient (Wildman–Crippen LogP) is 1.43. The summed E-state index contributed by atoms with van der Waals surface area (Å²) in [6.45, 7) is 0. The van der Waals surface area contributed by atoms with Crippen molar-refractivity contribution >= 4 is 11.9 Å². The maximum Gasteiger partial charge on any atom is 0.308 e. The van der Waals surface area contributed by atoms with Crippen molar-refractivity contribution in [2.24, 2.45) is 5.92 Å². The van der Waals surface area contributed by atoms with Crippen LogP contribution in [-0.2, 0) is 4.79 Å². The number of nitrogens with zero attached hydrogens (tertiary/aromatic N) is 3. The molecule has 1 aliphatic carbocycles. The summed E-state index contributed by atoms with van der Waals surface area (Å²) in [5.74, 6) is -0.184. The highest BCUT2D eigenvalue weighted by Gasteiger charge is 2.51. The van der Waals surface area contributed by atoms with Crippen molar-refractivity contribution in [1.82, 2.24) is 14.9 Å². The van der Waals surface area contributed by atoms with E-state index in [1.54, 1.807) is 17.2 Å². The lowest BCUT2D eigenvalue weighted by molar-refractivity contribution is -0.142. The Labute approximate surface area is 122 Å². The standard InChI is InChI=1S/C15H17N3O3/c19-14(11-5-6-16-13(17-11)8-1-2-8)18-9-3-4-12(18)10(7-9)15(20)21/h5-6,8-10,12H,1-4,7H2,(H,20,21)/t9-,10-,12+/m1/s1. The normalized spacial score (nSPS) is 30.7. The van der Waals surface area contributed by atoms with Crippen LogP contribution in [0.3, 0.4) is 0 Å². The van der Waals surface area contributed by atoms with Gasteiger partial charge in [0.05, 0.1) is 5.92 Å². The van der Waals surface area contributed by atoms with Crippen LogP contribution in [-0.4, -0.2) is 43.9 Å². The first kappa shape index (κ1) is 12.7. The Hall–Kier alpha value is -1.98. The van der Waals surface area contributed by atoms with E-state index in [0.29, 0.717) is 18.0 Å². The number of aromatic nitrogens is 2. The highest BCUT2D eigenvalue weighted by atomic mass is 16.4. The van der Waals surface area contributed by atoms with Crippen LogP contribution in [0.25, 0.3) is 0 Å². The average molecular weight is 287 g/mol. The van der Waals surface area contributed by atoms with Gasteiger partial charge in [0.1, 0.15) is 11.5 Å². The Morgan fingerprint density at radius 3 is 2.71 bits per heavy atom. The summed E-state index contributed by atoms with van der Waals surface area (Å²) in [5, 5.41) is 9.27. The summed E-state index contributed by atoms with van der Waals surface area (Å²) >= 11 is 0. The zero-order chi connectivity index (χ0) is 14.6. The van der Waals surface area contributed by atoms with Gasteiger partial charge in [0.25, 0.3) is 5.91 Å². The van der Waals surface area contributed by atoms with Gasteiger partial charge >= 0.3 is 5.97 Å². The number of aliphatic carboxylic acids is 1. The third kappa shape index (κ3) is 2.01. The van der Waals surface area contributed by atoms with E-state index < -0.39 is 11.9 Å². The SMILES string of the molecule is O=C(O)[C@@H]1C[C@H]2CC[C@@H]1N2C(=O)c1ccnc(C2CC2)n1. The van der Waals surface area contributed by atoms with Crippen LogP contribution in [0.15, 0.2) is 12.3 Å². The molecule has 3 atom stereocenters. The third-order valence-corrected chi connectivity index (χ3v) is 4.92. The van der Waals surface area contributed by atoms with Crippen molar-refractivity contribution in [2.75, 3.05) is 0 Å². The summed E-state index contributed by atoms with van der Waals surface area (Å²) in [4.78, 5) is 34.4. The molecule has 1 aromatic heterocycles. The topological polar surface area (TPSA) is 83.4 Å². The highest BCUT2D eigenvalue weighted by molar-refractivity contribution is 5.93. The predicted molar refractivity (Wildman–Crippen MR) is 72.7 cm³/mol. The number of carbonyl (C=O) groups excluding carboxylic acids is 1. The van der Waals surface area contributed by atoms with Crippen molar-refractivity contribution in [3.05, 3.63) is 23.8 Å². The van der Waals surface area contributed by atoms with E-state index in [0.717, 1.165) is 31.5 Å². The lowest BCUT2D eigenvalue weighted by Gasteiger charge is -2.22. The molecule has 0 aromatic carbocycles. The van der Waals surface area contributed by atoms with E-state index in [9.17, 15) is 14.7 Å². The molecular formula is C15H17N3O3. The van der Waals surface area contributed by atoms with Gasteiger partial charge in [0.15, 0.2) is 0 Å². The van der Waals surface area contributed by atoms with Crippen LogP contribution in [0.5, 0.6) is 0 Å². The molecule has 1 aromatic rings. The summed E-state index contributed by atoms with van der Waals surface area (Å²) in [6.07, 6.45) is 6.09. The Balaban J connectivity index is 1.60. The first-order valence-electron chi connectivity index (χ1n) is 7.53. The molecular weight excluding hydrogens is 270 g/mol. The molecule has 4 rings (SSSR count). The summed E-state index contributed by atoms with van der Waals surface area (Å²) in [6, 6.07) is 1.53. The van der Waals surface area contributed by atoms with E-state index in [1.165, 1.54) is 0 Å². The minimum atomic E-state index is -0.790. The Kier molecular flexibility index (Phi) is 2.74. The molecule has 21 heavy (non-hydrogen) atoms. The van der Waals surface area contributed by atoms with Gasteiger partial charge in [-0.05, 0) is 38.2 Å². The minimum absolute atomic E-state index is 0.0583. The second-order valence-corrected chi connectivity index (χ2v) is 6.27. The number of hydrogen-bond acceptors (Lipinski definition) is 4. The Morgan fingerprint density at radius 1 is 1.24 bits per heavy atom. The van der Waals surface area contributed by atoms with Gasteiger partial charge in [-0.3, -0.25) is 9.59 Å². The summed E-state index contributed by atoms with van der Waals surface area (Å²) in [7, 11) is 0. The number of hydrogen-bond donors (Lipinski definition) is 1. The van der Waals surface area contributed by atoms with Gasteiger partial charge in [0, 0.05) is 24.2 Å². The molecule has 110 valence electrons. The molecule has 1 saturated carbocycles. The molecule has 2 aliphatic heterocycles. The van der Waals surface area contributed by atoms with E-state index >= 15 is 0 Å². The lowest BCUT2D eigenvalue weighted by Crippen LogP contribution is -2.38. The molecule has 6 nitrogen and oxygen atoms in total. The first-order valence-corrected chi connectivity index (χ1v) is 7.53. The second-order valence-electron chi connectivity index (χ2n) is 6.27. The Bertz CT molecular complexity index is 614. The van der Waals surface area contributed by atoms with E-state index in [-0.39, 0.29) is 18.0 Å². The van der Waals surface area contributed by atoms with Crippen molar-refractivity contribution in [2.45, 2.75) is 50.1 Å².